The molecular formula is C15H30N4O. The zero-order chi connectivity index (χ0) is 14.8. The largest absolute Gasteiger partial charge is 0.350 e. The van der Waals surface area contributed by atoms with E-state index < -0.39 is 0 Å². The number of likely N-dealkylation sites (tertiary alicyclic amines) is 2. The Hall–Kier alpha value is -0.650. The lowest BCUT2D eigenvalue weighted by molar-refractivity contribution is -0.123. The quantitative estimate of drug-likeness (QED) is 0.786. The molecule has 1 unspecified atom stereocenters. The number of amides is 1. The van der Waals surface area contributed by atoms with E-state index in [1.807, 2.05) is 20.8 Å². The summed E-state index contributed by atoms with van der Waals surface area (Å²) in [5.74, 6) is 0.138. The predicted octanol–water partition coefficient (Wildman–Crippen LogP) is 0.399. The molecule has 5 heteroatoms. The first-order valence-corrected chi connectivity index (χ1v) is 7.86. The summed E-state index contributed by atoms with van der Waals surface area (Å²) in [4.78, 5) is 16.8. The van der Waals surface area contributed by atoms with E-state index in [-0.39, 0.29) is 11.4 Å². The van der Waals surface area contributed by atoms with Gasteiger partial charge in [0.15, 0.2) is 0 Å². The molecule has 20 heavy (non-hydrogen) atoms. The molecule has 2 fully saturated rings. The van der Waals surface area contributed by atoms with Gasteiger partial charge in [-0.2, -0.15) is 0 Å². The molecule has 0 spiro atoms. The molecule has 116 valence electrons. The van der Waals surface area contributed by atoms with Crippen LogP contribution < -0.4 is 11.1 Å². The van der Waals surface area contributed by atoms with Crippen molar-refractivity contribution in [2.45, 2.75) is 57.7 Å². The van der Waals surface area contributed by atoms with Gasteiger partial charge in [-0.25, -0.2) is 0 Å². The fraction of sp³-hybridized carbons (Fsp3) is 0.933. The third-order valence-corrected chi connectivity index (χ3v) is 4.22. The SMILES string of the molecule is CC(C)(C)NC(=O)CN1CCC(N2CCC(N)CC2)C1. The van der Waals surface area contributed by atoms with E-state index in [0.717, 1.165) is 39.0 Å². The first kappa shape index (κ1) is 15.7. The molecule has 3 N–H and O–H groups in total. The van der Waals surface area contributed by atoms with E-state index in [1.165, 1.54) is 6.42 Å². The van der Waals surface area contributed by atoms with Crippen LogP contribution in [-0.4, -0.2) is 66.1 Å². The van der Waals surface area contributed by atoms with Gasteiger partial charge in [-0.1, -0.05) is 0 Å². The van der Waals surface area contributed by atoms with Crippen LogP contribution in [0.15, 0.2) is 0 Å². The molecule has 2 rings (SSSR count). The van der Waals surface area contributed by atoms with Crippen LogP contribution in [0, 0.1) is 0 Å². The number of carbonyl (C=O) groups excluding carboxylic acids is 1. The molecule has 1 atom stereocenters. The van der Waals surface area contributed by atoms with Gasteiger partial charge in [-0.3, -0.25) is 14.6 Å². The molecular weight excluding hydrogens is 252 g/mol. The highest BCUT2D eigenvalue weighted by Gasteiger charge is 2.30. The number of nitrogens with one attached hydrogen (secondary N) is 1. The first-order valence-electron chi connectivity index (χ1n) is 7.86. The van der Waals surface area contributed by atoms with Crippen LogP contribution in [0.3, 0.4) is 0 Å². The second-order valence-electron chi connectivity index (χ2n) is 7.35. The summed E-state index contributed by atoms with van der Waals surface area (Å²) in [5, 5.41) is 3.04. The Morgan fingerprint density at radius 2 is 1.85 bits per heavy atom. The average Bonchev–Trinajstić information content (AvgIpc) is 2.75. The van der Waals surface area contributed by atoms with Crippen LogP contribution in [0.2, 0.25) is 0 Å². The third-order valence-electron chi connectivity index (χ3n) is 4.22. The van der Waals surface area contributed by atoms with Crippen LogP contribution >= 0.6 is 0 Å². The highest BCUT2D eigenvalue weighted by molar-refractivity contribution is 5.78. The van der Waals surface area contributed by atoms with E-state index in [9.17, 15) is 4.79 Å². The normalized spacial score (nSPS) is 26.9. The maximum atomic E-state index is 12.0. The Morgan fingerprint density at radius 1 is 1.20 bits per heavy atom. The smallest absolute Gasteiger partial charge is 0.234 e. The summed E-state index contributed by atoms with van der Waals surface area (Å²) in [7, 11) is 0. The predicted molar refractivity (Wildman–Crippen MR) is 81.5 cm³/mol. The van der Waals surface area contributed by atoms with E-state index >= 15 is 0 Å². The lowest BCUT2D eigenvalue weighted by atomic mass is 10.0. The van der Waals surface area contributed by atoms with Crippen molar-refractivity contribution in [1.29, 1.82) is 0 Å². The molecule has 0 radical (unpaired) electrons. The number of carbonyl (C=O) groups is 1. The van der Waals surface area contributed by atoms with Crippen molar-refractivity contribution in [3.63, 3.8) is 0 Å². The van der Waals surface area contributed by atoms with E-state index in [2.05, 4.69) is 15.1 Å². The van der Waals surface area contributed by atoms with Crippen LogP contribution in [0.5, 0.6) is 0 Å². The molecule has 0 aromatic carbocycles. The molecule has 0 bridgehead atoms. The molecule has 0 saturated carbocycles. The van der Waals surface area contributed by atoms with Crippen LogP contribution in [0.25, 0.3) is 0 Å². The van der Waals surface area contributed by atoms with Crippen molar-refractivity contribution in [1.82, 2.24) is 15.1 Å². The van der Waals surface area contributed by atoms with Gasteiger partial charge in [0, 0.05) is 30.7 Å². The van der Waals surface area contributed by atoms with Crippen molar-refractivity contribution < 1.29 is 4.79 Å². The minimum atomic E-state index is -0.140. The summed E-state index contributed by atoms with van der Waals surface area (Å²) >= 11 is 0. The highest BCUT2D eigenvalue weighted by Crippen LogP contribution is 2.19. The molecule has 2 heterocycles. The van der Waals surface area contributed by atoms with E-state index in [4.69, 9.17) is 5.73 Å². The number of hydrogen-bond donors (Lipinski definition) is 2. The molecule has 5 nitrogen and oxygen atoms in total. The molecule has 1 amide bonds. The van der Waals surface area contributed by atoms with Crippen molar-refractivity contribution in [2.24, 2.45) is 5.73 Å². The van der Waals surface area contributed by atoms with Crippen molar-refractivity contribution >= 4 is 5.91 Å². The topological polar surface area (TPSA) is 61.6 Å². The average molecular weight is 282 g/mol. The summed E-state index contributed by atoms with van der Waals surface area (Å²) in [6.07, 6.45) is 3.40. The minimum absolute atomic E-state index is 0.138. The lowest BCUT2D eigenvalue weighted by Crippen LogP contribution is -2.48. The number of nitrogens with zero attached hydrogens (tertiary/aromatic N) is 2. The third kappa shape index (κ3) is 4.72. The van der Waals surface area contributed by atoms with Crippen molar-refractivity contribution in [3.8, 4) is 0 Å². The molecule has 2 aliphatic rings. The second kappa shape index (κ2) is 6.41. The van der Waals surface area contributed by atoms with Gasteiger partial charge in [-0.05, 0) is 53.1 Å². The number of hydrogen-bond acceptors (Lipinski definition) is 4. The fourth-order valence-electron chi connectivity index (χ4n) is 3.20. The Labute approximate surface area is 122 Å². The van der Waals surface area contributed by atoms with Crippen molar-refractivity contribution in [3.05, 3.63) is 0 Å². The first-order chi connectivity index (χ1) is 9.33. The van der Waals surface area contributed by atoms with E-state index in [0.29, 0.717) is 18.6 Å². The summed E-state index contributed by atoms with van der Waals surface area (Å²) < 4.78 is 0. The number of piperidine rings is 1. The second-order valence-corrected chi connectivity index (χ2v) is 7.35. The summed E-state index contributed by atoms with van der Waals surface area (Å²) in [6.45, 7) is 10.9. The van der Waals surface area contributed by atoms with Gasteiger partial charge in [-0.15, -0.1) is 0 Å². The maximum Gasteiger partial charge on any atom is 0.234 e. The van der Waals surface area contributed by atoms with Crippen LogP contribution in [-0.2, 0) is 4.79 Å². The Morgan fingerprint density at radius 3 is 2.45 bits per heavy atom. The lowest BCUT2D eigenvalue weighted by Gasteiger charge is -2.34. The zero-order valence-electron chi connectivity index (χ0n) is 13.2. The molecule has 0 aromatic rings. The molecule has 0 aromatic heterocycles. The zero-order valence-corrected chi connectivity index (χ0v) is 13.2. The van der Waals surface area contributed by atoms with Gasteiger partial charge < -0.3 is 11.1 Å². The maximum absolute atomic E-state index is 12.0. The molecule has 2 saturated heterocycles. The fourth-order valence-corrected chi connectivity index (χ4v) is 3.20. The number of nitrogens with two attached hydrogens (primary N) is 1. The molecule has 0 aliphatic carbocycles. The number of rotatable bonds is 3. The van der Waals surface area contributed by atoms with Crippen LogP contribution in [0.1, 0.15) is 40.0 Å². The summed E-state index contributed by atoms with van der Waals surface area (Å²) in [6, 6.07) is 1.01. The van der Waals surface area contributed by atoms with Crippen LogP contribution in [0.4, 0.5) is 0 Å². The highest BCUT2D eigenvalue weighted by atomic mass is 16.2. The standard InChI is InChI=1S/C15H30N4O/c1-15(2,3)17-14(20)11-18-7-6-13(10-18)19-8-4-12(16)5-9-19/h12-13H,4-11,16H2,1-3H3,(H,17,20). The Bertz CT molecular complexity index is 331. The van der Waals surface area contributed by atoms with Gasteiger partial charge in [0.2, 0.25) is 5.91 Å². The monoisotopic (exact) mass is 282 g/mol. The van der Waals surface area contributed by atoms with Crippen molar-refractivity contribution in [2.75, 3.05) is 32.7 Å². The van der Waals surface area contributed by atoms with Gasteiger partial charge in [0.05, 0.1) is 6.54 Å². The summed E-state index contributed by atoms with van der Waals surface area (Å²) in [5.41, 5.74) is 5.82. The minimum Gasteiger partial charge on any atom is -0.350 e. The van der Waals surface area contributed by atoms with Gasteiger partial charge in [0.1, 0.15) is 0 Å². The van der Waals surface area contributed by atoms with E-state index in [1.54, 1.807) is 0 Å². The Balaban J connectivity index is 1.74. The Kier molecular flexibility index (Phi) is 5.04. The van der Waals surface area contributed by atoms with Gasteiger partial charge in [0.25, 0.3) is 0 Å². The molecule has 2 aliphatic heterocycles. The van der Waals surface area contributed by atoms with Gasteiger partial charge >= 0.3 is 0 Å².